The molecule has 0 fully saturated rings. The Bertz CT molecular complexity index is 1120. The van der Waals surface area contributed by atoms with Crippen LogP contribution in [0, 0.1) is 19.3 Å². The van der Waals surface area contributed by atoms with Gasteiger partial charge in [0.15, 0.2) is 0 Å². The smallest absolute Gasteiger partial charge is 0.221 e. The molecule has 1 aliphatic rings. The lowest BCUT2D eigenvalue weighted by Crippen LogP contribution is -2.26. The molecule has 0 saturated heterocycles. The number of aromatic nitrogens is 2. The van der Waals surface area contributed by atoms with Gasteiger partial charge in [-0.05, 0) is 55.3 Å². The Hall–Kier alpha value is -3.61. The largest absolute Gasteiger partial charge is 0.509 e. The van der Waals surface area contributed by atoms with Gasteiger partial charge in [-0.1, -0.05) is 6.07 Å². The van der Waals surface area contributed by atoms with Crippen molar-refractivity contribution < 1.29 is 9.90 Å². The van der Waals surface area contributed by atoms with Gasteiger partial charge in [-0.3, -0.25) is 10.2 Å². The van der Waals surface area contributed by atoms with Crippen molar-refractivity contribution >= 4 is 39.7 Å². The summed E-state index contributed by atoms with van der Waals surface area (Å²) in [5.41, 5.74) is 5.70. The van der Waals surface area contributed by atoms with Crippen molar-refractivity contribution in [2.75, 3.05) is 16.8 Å². The van der Waals surface area contributed by atoms with Crippen molar-refractivity contribution in [3.05, 3.63) is 59.1 Å². The Morgan fingerprint density at radius 1 is 1.25 bits per heavy atom. The fraction of sp³-hybridized carbons (Fsp3) is 0.190. The Labute approximate surface area is 162 Å². The van der Waals surface area contributed by atoms with Crippen LogP contribution in [0.2, 0.25) is 0 Å². The lowest BCUT2D eigenvalue weighted by molar-refractivity contribution is -0.114. The van der Waals surface area contributed by atoms with Gasteiger partial charge in [0, 0.05) is 18.3 Å². The molecule has 7 heteroatoms. The number of aliphatic hydroxyl groups is 1. The summed E-state index contributed by atoms with van der Waals surface area (Å²) in [7, 11) is 0. The first-order chi connectivity index (χ1) is 13.3. The van der Waals surface area contributed by atoms with E-state index in [1.54, 1.807) is 23.1 Å². The zero-order chi connectivity index (χ0) is 20.0. The molecule has 1 amide bonds. The molecule has 4 rings (SSSR count). The average Bonchev–Trinajstić information content (AvgIpc) is 3.14. The molecule has 4 N–H and O–H groups in total. The number of rotatable bonds is 3. The highest BCUT2D eigenvalue weighted by atomic mass is 16.3. The third-order valence-electron chi connectivity index (χ3n) is 4.92. The number of aryl methyl sites for hydroxylation is 2. The van der Waals surface area contributed by atoms with Crippen LogP contribution < -0.4 is 10.2 Å². The van der Waals surface area contributed by atoms with Crippen LogP contribution in [0.1, 0.15) is 23.9 Å². The van der Waals surface area contributed by atoms with Crippen LogP contribution in [0.5, 0.6) is 0 Å². The number of carbonyl (C=O) groups is 1. The van der Waals surface area contributed by atoms with E-state index in [9.17, 15) is 9.90 Å². The van der Waals surface area contributed by atoms with Crippen molar-refractivity contribution in [1.82, 2.24) is 9.97 Å². The van der Waals surface area contributed by atoms with Gasteiger partial charge in [0.1, 0.15) is 17.4 Å². The molecular formula is C21H21N5O2. The number of aliphatic hydroxyl groups excluding tert-OH is 1. The van der Waals surface area contributed by atoms with Crippen LogP contribution in [0.4, 0.5) is 11.4 Å². The molecule has 1 aromatic heterocycles. The summed E-state index contributed by atoms with van der Waals surface area (Å²) in [5.74, 6) is 0.554. The number of amides is 1. The second kappa shape index (κ2) is 6.53. The summed E-state index contributed by atoms with van der Waals surface area (Å²) < 4.78 is 0. The molecule has 0 radical (unpaired) electrons. The predicted octanol–water partition coefficient (Wildman–Crippen LogP) is 3.90. The summed E-state index contributed by atoms with van der Waals surface area (Å²) in [4.78, 5) is 20.8. The highest BCUT2D eigenvalue weighted by Crippen LogP contribution is 2.32. The standard InChI is InChI=1S/C21H21N5O2/c1-11-7-16-17(8-12(11)2)25-21(24-16)19-18(28)10-26(20(19)22)15-6-4-5-14(9-15)23-13(3)27/h4-9,22,28H,10H2,1-3H3,(H,23,27)(H,24,25). The molecular weight excluding hydrogens is 354 g/mol. The molecule has 0 atom stereocenters. The quantitative estimate of drug-likeness (QED) is 0.557. The molecule has 7 nitrogen and oxygen atoms in total. The van der Waals surface area contributed by atoms with Crippen molar-refractivity contribution in [3.8, 4) is 0 Å². The van der Waals surface area contributed by atoms with Crippen LogP contribution in [-0.2, 0) is 4.79 Å². The number of H-pyrrole nitrogens is 1. The number of amidine groups is 1. The molecule has 3 aromatic rings. The topological polar surface area (TPSA) is 105 Å². The first-order valence-electron chi connectivity index (χ1n) is 8.97. The summed E-state index contributed by atoms with van der Waals surface area (Å²) in [5, 5.41) is 21.9. The Morgan fingerprint density at radius 3 is 2.75 bits per heavy atom. The second-order valence-corrected chi connectivity index (χ2v) is 7.03. The van der Waals surface area contributed by atoms with Crippen molar-refractivity contribution in [1.29, 1.82) is 5.41 Å². The lowest BCUT2D eigenvalue weighted by atomic mass is 10.1. The summed E-state index contributed by atoms with van der Waals surface area (Å²) in [6.07, 6.45) is 0. The molecule has 0 bridgehead atoms. The monoisotopic (exact) mass is 375 g/mol. The zero-order valence-electron chi connectivity index (χ0n) is 15.9. The molecule has 1 aliphatic heterocycles. The van der Waals surface area contributed by atoms with Gasteiger partial charge in [-0.2, -0.15) is 0 Å². The minimum absolute atomic E-state index is 0.0856. The van der Waals surface area contributed by atoms with Gasteiger partial charge in [0.05, 0.1) is 23.2 Å². The van der Waals surface area contributed by atoms with Crippen molar-refractivity contribution in [2.45, 2.75) is 20.8 Å². The van der Waals surface area contributed by atoms with Gasteiger partial charge in [0.25, 0.3) is 0 Å². The number of hydrogen-bond acceptors (Lipinski definition) is 4. The third kappa shape index (κ3) is 3.00. The minimum atomic E-state index is -0.164. The summed E-state index contributed by atoms with van der Waals surface area (Å²) >= 11 is 0. The van der Waals surface area contributed by atoms with E-state index in [4.69, 9.17) is 5.41 Å². The van der Waals surface area contributed by atoms with Crippen LogP contribution in [0.15, 0.2) is 42.2 Å². The van der Waals surface area contributed by atoms with E-state index in [2.05, 4.69) is 15.3 Å². The number of carbonyl (C=O) groups excluding carboxylic acids is 1. The Balaban J connectivity index is 1.68. The number of hydrogen-bond donors (Lipinski definition) is 4. The molecule has 0 aliphatic carbocycles. The Morgan fingerprint density at radius 2 is 2.00 bits per heavy atom. The number of benzene rings is 2. The van der Waals surface area contributed by atoms with Gasteiger partial charge >= 0.3 is 0 Å². The van der Waals surface area contributed by atoms with Crippen LogP contribution in [0.25, 0.3) is 16.6 Å². The summed E-state index contributed by atoms with van der Waals surface area (Å²) in [6, 6.07) is 11.2. The molecule has 2 aromatic carbocycles. The normalized spacial score (nSPS) is 14.2. The Kier molecular flexibility index (Phi) is 4.15. The van der Waals surface area contributed by atoms with E-state index in [1.165, 1.54) is 6.92 Å². The number of nitrogens with one attached hydrogen (secondary N) is 3. The highest BCUT2D eigenvalue weighted by Gasteiger charge is 2.31. The van der Waals surface area contributed by atoms with Crippen molar-refractivity contribution in [3.63, 3.8) is 0 Å². The lowest BCUT2D eigenvalue weighted by Gasteiger charge is -2.19. The number of aromatic amines is 1. The van der Waals surface area contributed by atoms with Crippen LogP contribution in [-0.4, -0.2) is 33.4 Å². The molecule has 142 valence electrons. The van der Waals surface area contributed by atoms with Crippen LogP contribution >= 0.6 is 0 Å². The number of anilines is 2. The number of fused-ring (bicyclic) bond motifs is 1. The van der Waals surface area contributed by atoms with Gasteiger partial charge in [-0.25, -0.2) is 4.98 Å². The molecule has 2 heterocycles. The van der Waals surface area contributed by atoms with E-state index in [1.807, 2.05) is 32.0 Å². The van der Waals surface area contributed by atoms with Crippen LogP contribution in [0.3, 0.4) is 0 Å². The fourth-order valence-electron chi connectivity index (χ4n) is 3.39. The van der Waals surface area contributed by atoms with Gasteiger partial charge in [0.2, 0.25) is 5.91 Å². The molecule has 0 spiro atoms. The second-order valence-electron chi connectivity index (χ2n) is 7.03. The minimum Gasteiger partial charge on any atom is -0.509 e. The zero-order valence-corrected chi connectivity index (χ0v) is 15.9. The maximum Gasteiger partial charge on any atom is 0.221 e. The van der Waals surface area contributed by atoms with E-state index in [0.717, 1.165) is 22.2 Å². The number of imidazole rings is 1. The van der Waals surface area contributed by atoms with Gasteiger partial charge in [-0.15, -0.1) is 0 Å². The van der Waals surface area contributed by atoms with E-state index < -0.39 is 0 Å². The molecule has 28 heavy (non-hydrogen) atoms. The van der Waals surface area contributed by atoms with E-state index in [0.29, 0.717) is 22.8 Å². The first-order valence-corrected chi connectivity index (χ1v) is 8.97. The SMILES string of the molecule is CC(=O)Nc1cccc(N2CC(O)=C(c3nc4cc(C)c(C)cc4[nH]3)C2=N)c1. The molecule has 0 unspecified atom stereocenters. The third-order valence-corrected chi connectivity index (χ3v) is 4.92. The highest BCUT2D eigenvalue weighted by molar-refractivity contribution is 6.30. The maximum absolute atomic E-state index is 11.3. The molecule has 0 saturated carbocycles. The average molecular weight is 375 g/mol. The van der Waals surface area contributed by atoms with Crippen molar-refractivity contribution in [2.24, 2.45) is 0 Å². The predicted molar refractivity (Wildman–Crippen MR) is 111 cm³/mol. The maximum atomic E-state index is 11.3. The van der Waals surface area contributed by atoms with E-state index in [-0.39, 0.29) is 24.0 Å². The fourth-order valence-corrected chi connectivity index (χ4v) is 3.39. The number of nitrogens with zero attached hydrogens (tertiary/aromatic N) is 2. The first kappa shape index (κ1) is 17.8. The van der Waals surface area contributed by atoms with Gasteiger partial charge < -0.3 is 20.3 Å². The van der Waals surface area contributed by atoms with E-state index >= 15 is 0 Å². The summed E-state index contributed by atoms with van der Waals surface area (Å²) in [6.45, 7) is 5.68.